The molecule has 1 aromatic rings. The highest BCUT2D eigenvalue weighted by molar-refractivity contribution is 6.02. The molecule has 4 saturated carbocycles. The minimum Gasteiger partial charge on any atom is -0.385 e. The topological polar surface area (TPSA) is 82.7 Å². The number of urea groups is 1. The first kappa shape index (κ1) is 21.9. The fourth-order valence-corrected chi connectivity index (χ4v) is 6.37. The highest BCUT2D eigenvalue weighted by Crippen LogP contribution is 2.55. The summed E-state index contributed by atoms with van der Waals surface area (Å²) >= 11 is 0. The van der Waals surface area contributed by atoms with E-state index in [1.54, 1.807) is 13.2 Å². The zero-order valence-corrected chi connectivity index (χ0v) is 19.0. The second-order valence-electron chi connectivity index (χ2n) is 10.0. The predicted molar refractivity (Wildman–Crippen MR) is 123 cm³/mol. The maximum atomic E-state index is 12.9. The number of hydrogen-bond acceptors (Lipinski definition) is 4. The molecule has 0 radical (unpaired) electrons. The maximum Gasteiger partial charge on any atom is 0.319 e. The van der Waals surface area contributed by atoms with Gasteiger partial charge in [-0.2, -0.15) is 0 Å². The number of nitrogens with one attached hydrogen (secondary N) is 3. The van der Waals surface area contributed by atoms with Crippen molar-refractivity contribution in [2.24, 2.45) is 17.8 Å². The molecular weight excluding hydrogens is 392 g/mol. The minimum atomic E-state index is -0.161. The second-order valence-corrected chi connectivity index (χ2v) is 10.0. The lowest BCUT2D eigenvalue weighted by molar-refractivity contribution is -0.0127. The molecular formula is C24H36N4O3. The van der Waals surface area contributed by atoms with Gasteiger partial charge < -0.3 is 25.6 Å². The van der Waals surface area contributed by atoms with Gasteiger partial charge in [-0.05, 0) is 80.9 Å². The van der Waals surface area contributed by atoms with E-state index in [0.717, 1.165) is 49.1 Å². The van der Waals surface area contributed by atoms with Crippen LogP contribution in [0.3, 0.4) is 0 Å². The number of methoxy groups -OCH3 is 1. The molecule has 1 aromatic carbocycles. The fourth-order valence-electron chi connectivity index (χ4n) is 6.37. The molecule has 4 fully saturated rings. The molecule has 7 nitrogen and oxygen atoms in total. The molecule has 0 spiro atoms. The molecule has 4 bridgehead atoms. The molecule has 0 unspecified atom stereocenters. The standard InChI is InChI=1S/C24H36N4O3/c1-28(2)21-6-5-19(12-20(21)22(29)25-7-4-8-31-3)26-23(30)27-24-13-16-9-17(14-24)11-18(10-16)15-24/h5-6,12,16-18H,4,7-11,13-15H2,1-3H3,(H,25,29)(H2,26,27,30). The van der Waals surface area contributed by atoms with Gasteiger partial charge in [-0.25, -0.2) is 4.79 Å². The van der Waals surface area contributed by atoms with Crippen molar-refractivity contribution in [3.05, 3.63) is 23.8 Å². The van der Waals surface area contributed by atoms with Crippen LogP contribution in [-0.4, -0.2) is 51.8 Å². The number of rotatable bonds is 8. The monoisotopic (exact) mass is 428 g/mol. The SMILES string of the molecule is COCCCNC(=O)c1cc(NC(=O)NC23CC4CC(CC(C4)C2)C3)ccc1N(C)C. The summed E-state index contributed by atoms with van der Waals surface area (Å²) < 4.78 is 5.04. The van der Waals surface area contributed by atoms with Crippen LogP contribution in [0, 0.1) is 17.8 Å². The lowest BCUT2D eigenvalue weighted by Gasteiger charge is -2.56. The molecule has 31 heavy (non-hydrogen) atoms. The third-order valence-corrected chi connectivity index (χ3v) is 7.21. The van der Waals surface area contributed by atoms with E-state index in [9.17, 15) is 9.59 Å². The fraction of sp³-hybridized carbons (Fsp3) is 0.667. The van der Waals surface area contributed by atoms with Gasteiger partial charge in [0.25, 0.3) is 5.91 Å². The Morgan fingerprint density at radius 3 is 2.32 bits per heavy atom. The average molecular weight is 429 g/mol. The molecule has 3 N–H and O–H groups in total. The smallest absolute Gasteiger partial charge is 0.319 e. The third-order valence-electron chi connectivity index (χ3n) is 7.21. The molecule has 170 valence electrons. The van der Waals surface area contributed by atoms with E-state index >= 15 is 0 Å². The van der Waals surface area contributed by atoms with Gasteiger partial charge in [0.1, 0.15) is 0 Å². The summed E-state index contributed by atoms with van der Waals surface area (Å²) in [6.07, 6.45) is 8.13. The highest BCUT2D eigenvalue weighted by atomic mass is 16.5. The van der Waals surface area contributed by atoms with Crippen LogP contribution in [0.15, 0.2) is 18.2 Å². The van der Waals surface area contributed by atoms with Gasteiger partial charge in [0.05, 0.1) is 5.56 Å². The largest absolute Gasteiger partial charge is 0.385 e. The van der Waals surface area contributed by atoms with Crippen molar-refractivity contribution in [3.63, 3.8) is 0 Å². The zero-order valence-electron chi connectivity index (χ0n) is 19.0. The van der Waals surface area contributed by atoms with Crippen LogP contribution in [0.4, 0.5) is 16.2 Å². The molecule has 4 aliphatic rings. The summed E-state index contributed by atoms with van der Waals surface area (Å²) in [6, 6.07) is 5.34. The number of benzene rings is 1. The van der Waals surface area contributed by atoms with Crippen LogP contribution in [-0.2, 0) is 4.74 Å². The maximum absolute atomic E-state index is 12.9. The summed E-state index contributed by atoms with van der Waals surface area (Å²) in [7, 11) is 5.46. The number of carbonyl (C=O) groups is 2. The molecule has 0 heterocycles. The quantitative estimate of drug-likeness (QED) is 0.553. The van der Waals surface area contributed by atoms with E-state index in [2.05, 4.69) is 16.0 Å². The minimum absolute atomic E-state index is 0.0377. The van der Waals surface area contributed by atoms with Crippen LogP contribution >= 0.6 is 0 Å². The highest BCUT2D eigenvalue weighted by Gasteiger charge is 2.51. The Kier molecular flexibility index (Phi) is 6.42. The van der Waals surface area contributed by atoms with Gasteiger partial charge in [-0.1, -0.05) is 0 Å². The Morgan fingerprint density at radius 1 is 1.10 bits per heavy atom. The van der Waals surface area contributed by atoms with Gasteiger partial charge in [0.2, 0.25) is 0 Å². The lowest BCUT2D eigenvalue weighted by Crippen LogP contribution is -2.60. The first-order valence-corrected chi connectivity index (χ1v) is 11.5. The van der Waals surface area contributed by atoms with Crippen LogP contribution in [0.5, 0.6) is 0 Å². The van der Waals surface area contributed by atoms with E-state index in [4.69, 9.17) is 4.74 Å². The number of hydrogen-bond donors (Lipinski definition) is 3. The molecule has 5 rings (SSSR count). The Hall–Kier alpha value is -2.28. The van der Waals surface area contributed by atoms with Crippen molar-refractivity contribution in [2.75, 3.05) is 44.6 Å². The predicted octanol–water partition coefficient (Wildman–Crippen LogP) is 3.61. The van der Waals surface area contributed by atoms with Crippen LogP contribution < -0.4 is 20.9 Å². The van der Waals surface area contributed by atoms with Gasteiger partial charge in [-0.15, -0.1) is 0 Å². The van der Waals surface area contributed by atoms with E-state index in [1.807, 2.05) is 31.1 Å². The second kappa shape index (κ2) is 9.07. The number of amides is 3. The van der Waals surface area contributed by atoms with Gasteiger partial charge >= 0.3 is 6.03 Å². The Bertz CT molecular complexity index is 788. The molecule has 4 aliphatic carbocycles. The molecule has 7 heteroatoms. The number of ether oxygens (including phenoxy) is 1. The summed E-state index contributed by atoms with van der Waals surface area (Å²) in [5.74, 6) is 2.18. The van der Waals surface area contributed by atoms with Gasteiger partial charge in [-0.3, -0.25) is 4.79 Å². The normalized spacial score (nSPS) is 28.3. The molecule has 0 atom stereocenters. The average Bonchev–Trinajstić information content (AvgIpc) is 2.69. The Labute approximate surface area is 185 Å². The van der Waals surface area contributed by atoms with E-state index in [1.165, 1.54) is 19.3 Å². The summed E-state index contributed by atoms with van der Waals surface area (Å²) in [4.78, 5) is 27.6. The van der Waals surface area contributed by atoms with Crippen LogP contribution in [0.1, 0.15) is 55.3 Å². The zero-order chi connectivity index (χ0) is 22.0. The van der Waals surface area contributed by atoms with E-state index in [0.29, 0.717) is 24.4 Å². The summed E-state index contributed by atoms with van der Waals surface area (Å²) in [6.45, 7) is 1.15. The molecule has 0 aliphatic heterocycles. The van der Waals surface area contributed by atoms with Crippen molar-refractivity contribution >= 4 is 23.3 Å². The van der Waals surface area contributed by atoms with E-state index < -0.39 is 0 Å². The molecule has 0 saturated heterocycles. The molecule has 0 aromatic heterocycles. The van der Waals surface area contributed by atoms with Crippen molar-refractivity contribution < 1.29 is 14.3 Å². The van der Waals surface area contributed by atoms with Crippen molar-refractivity contribution in [3.8, 4) is 0 Å². The first-order chi connectivity index (χ1) is 14.9. The van der Waals surface area contributed by atoms with E-state index in [-0.39, 0.29) is 17.5 Å². The van der Waals surface area contributed by atoms with Crippen LogP contribution in [0.25, 0.3) is 0 Å². The Balaban J connectivity index is 1.42. The summed E-state index contributed by atoms with van der Waals surface area (Å²) in [5, 5.41) is 9.26. The number of nitrogens with zero attached hydrogens (tertiary/aromatic N) is 1. The van der Waals surface area contributed by atoms with Gasteiger partial charge in [0, 0.05) is 51.3 Å². The van der Waals surface area contributed by atoms with Gasteiger partial charge in [0.15, 0.2) is 0 Å². The third kappa shape index (κ3) is 4.97. The van der Waals surface area contributed by atoms with Crippen LogP contribution in [0.2, 0.25) is 0 Å². The number of anilines is 2. The lowest BCUT2D eigenvalue weighted by atomic mass is 9.53. The first-order valence-electron chi connectivity index (χ1n) is 11.5. The molecule has 3 amide bonds. The Morgan fingerprint density at radius 2 is 1.74 bits per heavy atom. The van der Waals surface area contributed by atoms with Crippen molar-refractivity contribution in [2.45, 2.75) is 50.5 Å². The summed E-state index contributed by atoms with van der Waals surface area (Å²) in [5.41, 5.74) is 1.96. The van der Waals surface area contributed by atoms with Crippen molar-refractivity contribution in [1.29, 1.82) is 0 Å². The van der Waals surface area contributed by atoms with Crippen molar-refractivity contribution in [1.82, 2.24) is 10.6 Å². The number of carbonyl (C=O) groups excluding carboxylic acids is 2.